The predicted octanol–water partition coefficient (Wildman–Crippen LogP) is 2.43. The number of carboxylic acids is 1. The quantitative estimate of drug-likeness (QED) is 0.917. The fourth-order valence-electron chi connectivity index (χ4n) is 2.55. The second-order valence-electron chi connectivity index (χ2n) is 5.36. The van der Waals surface area contributed by atoms with Gasteiger partial charge in [-0.1, -0.05) is 36.4 Å². The number of nitrogens with zero attached hydrogens (tertiary/aromatic N) is 2. The molecule has 0 radical (unpaired) electrons. The van der Waals surface area contributed by atoms with Crippen LogP contribution < -0.4 is 4.74 Å². The Morgan fingerprint density at radius 3 is 2.59 bits per heavy atom. The standard InChI is InChI=1S/C17H16N2O3/c1-11-15(9-18-12(2)19-11)22-10-17(8-14(17)16(20)21)13-6-4-3-5-7-13/h3-9H,10H2,1-2H3,(H,20,21)/t17-/m1/s1. The molecule has 1 N–H and O–H groups in total. The minimum Gasteiger partial charge on any atom is -0.488 e. The Morgan fingerprint density at radius 2 is 2.00 bits per heavy atom. The van der Waals surface area contributed by atoms with Crippen molar-refractivity contribution < 1.29 is 14.6 Å². The van der Waals surface area contributed by atoms with Crippen LogP contribution in [0.2, 0.25) is 0 Å². The molecule has 1 aliphatic carbocycles. The molecule has 0 spiro atoms. The molecule has 1 aliphatic rings. The first-order chi connectivity index (χ1) is 10.5. The summed E-state index contributed by atoms with van der Waals surface area (Å²) in [6, 6.07) is 9.51. The second kappa shape index (κ2) is 5.26. The highest BCUT2D eigenvalue weighted by atomic mass is 16.5. The zero-order valence-electron chi connectivity index (χ0n) is 12.4. The number of benzene rings is 1. The van der Waals surface area contributed by atoms with Gasteiger partial charge >= 0.3 is 5.97 Å². The Balaban J connectivity index is 1.83. The molecule has 0 fully saturated rings. The number of hydrogen-bond acceptors (Lipinski definition) is 4. The highest BCUT2D eigenvalue weighted by Crippen LogP contribution is 2.47. The van der Waals surface area contributed by atoms with E-state index in [0.717, 1.165) is 11.3 Å². The van der Waals surface area contributed by atoms with Crippen molar-refractivity contribution in [1.29, 1.82) is 0 Å². The molecule has 0 saturated carbocycles. The third-order valence-electron chi connectivity index (χ3n) is 3.82. The molecule has 5 nitrogen and oxygen atoms in total. The van der Waals surface area contributed by atoms with E-state index in [-0.39, 0.29) is 6.61 Å². The minimum atomic E-state index is -0.913. The number of rotatable bonds is 5. The maximum absolute atomic E-state index is 11.3. The molecule has 1 aromatic heterocycles. The summed E-state index contributed by atoms with van der Waals surface area (Å²) in [4.78, 5) is 19.7. The van der Waals surface area contributed by atoms with Gasteiger partial charge in [-0.05, 0) is 19.4 Å². The summed E-state index contributed by atoms with van der Waals surface area (Å²) in [7, 11) is 0. The average Bonchev–Trinajstić information content (AvgIpc) is 3.24. The van der Waals surface area contributed by atoms with Crippen LogP contribution in [0.4, 0.5) is 0 Å². The summed E-state index contributed by atoms with van der Waals surface area (Å²) >= 11 is 0. The van der Waals surface area contributed by atoms with E-state index in [0.29, 0.717) is 17.1 Å². The van der Waals surface area contributed by atoms with Gasteiger partial charge < -0.3 is 9.84 Å². The molecule has 112 valence electrons. The van der Waals surface area contributed by atoms with Crippen LogP contribution in [0.3, 0.4) is 0 Å². The van der Waals surface area contributed by atoms with E-state index in [1.54, 1.807) is 12.3 Å². The summed E-state index contributed by atoms with van der Waals surface area (Å²) in [5.74, 6) is 0.341. The predicted molar refractivity (Wildman–Crippen MR) is 80.8 cm³/mol. The van der Waals surface area contributed by atoms with Crippen LogP contribution in [0, 0.1) is 13.8 Å². The van der Waals surface area contributed by atoms with Crippen LogP contribution in [0.25, 0.3) is 0 Å². The fraction of sp³-hybridized carbons (Fsp3) is 0.235. The monoisotopic (exact) mass is 296 g/mol. The van der Waals surface area contributed by atoms with Gasteiger partial charge in [0.25, 0.3) is 0 Å². The van der Waals surface area contributed by atoms with Crippen molar-refractivity contribution in [1.82, 2.24) is 9.97 Å². The number of aliphatic carboxylic acids is 1. The first-order valence-corrected chi connectivity index (χ1v) is 6.98. The van der Waals surface area contributed by atoms with Crippen LogP contribution in [-0.4, -0.2) is 27.7 Å². The van der Waals surface area contributed by atoms with Crippen LogP contribution >= 0.6 is 0 Å². The third-order valence-corrected chi connectivity index (χ3v) is 3.82. The Labute approximate surface area is 128 Å². The first-order valence-electron chi connectivity index (χ1n) is 6.98. The molecule has 0 bridgehead atoms. The molecule has 0 unspecified atom stereocenters. The molecule has 2 aromatic rings. The maximum atomic E-state index is 11.3. The summed E-state index contributed by atoms with van der Waals surface area (Å²) in [5.41, 5.74) is 1.36. The Morgan fingerprint density at radius 1 is 1.27 bits per heavy atom. The average molecular weight is 296 g/mol. The molecule has 5 heteroatoms. The van der Waals surface area contributed by atoms with E-state index in [1.807, 2.05) is 44.2 Å². The van der Waals surface area contributed by atoms with E-state index in [2.05, 4.69) is 9.97 Å². The van der Waals surface area contributed by atoms with Crippen molar-refractivity contribution >= 4 is 5.97 Å². The lowest BCUT2D eigenvalue weighted by Crippen LogP contribution is -2.24. The van der Waals surface area contributed by atoms with Gasteiger partial charge in [0.05, 0.1) is 22.9 Å². The number of aromatic nitrogens is 2. The lowest BCUT2D eigenvalue weighted by molar-refractivity contribution is -0.132. The molecule has 0 aliphatic heterocycles. The number of aryl methyl sites for hydroxylation is 2. The summed E-state index contributed by atoms with van der Waals surface area (Å²) in [6.45, 7) is 3.89. The Hall–Kier alpha value is -2.69. The van der Waals surface area contributed by atoms with E-state index in [1.165, 1.54) is 0 Å². The molecular formula is C17H16N2O3. The number of hydrogen-bond donors (Lipinski definition) is 1. The lowest BCUT2D eigenvalue weighted by atomic mass is 9.91. The van der Waals surface area contributed by atoms with Crippen molar-refractivity contribution in [3.8, 4) is 5.75 Å². The highest BCUT2D eigenvalue weighted by molar-refractivity contribution is 5.97. The molecular weight excluding hydrogens is 280 g/mol. The Kier molecular flexibility index (Phi) is 3.41. The SMILES string of the molecule is Cc1ncc(OC[C@@]2(c3ccccc3)C=C2C(=O)O)c(C)n1. The molecule has 0 saturated heterocycles. The van der Waals surface area contributed by atoms with Crippen molar-refractivity contribution in [2.75, 3.05) is 6.61 Å². The number of carboxylic acid groups (broad SMARTS) is 1. The largest absolute Gasteiger partial charge is 0.488 e. The Bertz CT molecular complexity index is 756. The van der Waals surface area contributed by atoms with E-state index >= 15 is 0 Å². The van der Waals surface area contributed by atoms with Gasteiger partial charge in [0, 0.05) is 0 Å². The van der Waals surface area contributed by atoms with Crippen molar-refractivity contribution in [3.05, 3.63) is 65.3 Å². The van der Waals surface area contributed by atoms with Gasteiger partial charge in [0.2, 0.25) is 0 Å². The lowest BCUT2D eigenvalue weighted by Gasteiger charge is -2.19. The van der Waals surface area contributed by atoms with E-state index < -0.39 is 11.4 Å². The molecule has 1 atom stereocenters. The zero-order valence-corrected chi connectivity index (χ0v) is 12.4. The van der Waals surface area contributed by atoms with Gasteiger partial charge in [-0.15, -0.1) is 0 Å². The molecule has 1 aromatic carbocycles. The van der Waals surface area contributed by atoms with Crippen molar-refractivity contribution in [2.24, 2.45) is 0 Å². The van der Waals surface area contributed by atoms with Crippen LogP contribution in [0.15, 0.2) is 48.2 Å². The van der Waals surface area contributed by atoms with Crippen LogP contribution in [0.1, 0.15) is 17.1 Å². The second-order valence-corrected chi connectivity index (χ2v) is 5.36. The van der Waals surface area contributed by atoms with Crippen molar-refractivity contribution in [3.63, 3.8) is 0 Å². The van der Waals surface area contributed by atoms with Gasteiger partial charge in [-0.25, -0.2) is 14.8 Å². The zero-order chi connectivity index (χ0) is 15.7. The minimum absolute atomic E-state index is 0.228. The number of ether oxygens (including phenoxy) is 1. The highest BCUT2D eigenvalue weighted by Gasteiger charge is 2.50. The van der Waals surface area contributed by atoms with E-state index in [9.17, 15) is 9.90 Å². The van der Waals surface area contributed by atoms with Gasteiger partial charge in [0.15, 0.2) is 5.75 Å². The smallest absolute Gasteiger partial charge is 0.332 e. The van der Waals surface area contributed by atoms with Crippen LogP contribution in [0.5, 0.6) is 5.75 Å². The first kappa shape index (κ1) is 14.3. The van der Waals surface area contributed by atoms with Crippen molar-refractivity contribution in [2.45, 2.75) is 19.3 Å². The maximum Gasteiger partial charge on any atom is 0.332 e. The summed E-state index contributed by atoms with van der Waals surface area (Å²) < 4.78 is 5.81. The summed E-state index contributed by atoms with van der Waals surface area (Å²) in [5, 5.41) is 9.29. The third kappa shape index (κ3) is 2.45. The fourth-order valence-corrected chi connectivity index (χ4v) is 2.55. The van der Waals surface area contributed by atoms with E-state index in [4.69, 9.17) is 4.74 Å². The topological polar surface area (TPSA) is 72.3 Å². The number of carbonyl (C=O) groups is 1. The molecule has 22 heavy (non-hydrogen) atoms. The van der Waals surface area contributed by atoms with Gasteiger partial charge in [-0.3, -0.25) is 0 Å². The molecule has 1 heterocycles. The normalized spacial score (nSPS) is 19.5. The van der Waals surface area contributed by atoms with Crippen LogP contribution in [-0.2, 0) is 10.2 Å². The summed E-state index contributed by atoms with van der Waals surface area (Å²) in [6.07, 6.45) is 3.36. The van der Waals surface area contributed by atoms with Gasteiger partial charge in [-0.2, -0.15) is 0 Å². The van der Waals surface area contributed by atoms with Gasteiger partial charge in [0.1, 0.15) is 12.4 Å². The molecule has 3 rings (SSSR count). The molecule has 0 amide bonds.